The lowest BCUT2D eigenvalue weighted by atomic mass is 9.88. The van der Waals surface area contributed by atoms with Gasteiger partial charge in [0.1, 0.15) is 0 Å². The van der Waals surface area contributed by atoms with E-state index in [4.69, 9.17) is 11.6 Å². The van der Waals surface area contributed by atoms with Crippen molar-refractivity contribution in [1.29, 1.82) is 0 Å². The first kappa shape index (κ1) is 15.7. The van der Waals surface area contributed by atoms with E-state index in [0.29, 0.717) is 11.4 Å². The summed E-state index contributed by atoms with van der Waals surface area (Å²) >= 11 is 7.71. The Morgan fingerprint density at radius 2 is 2.10 bits per heavy atom. The average Bonchev–Trinajstić information content (AvgIpc) is 2.53. The van der Waals surface area contributed by atoms with E-state index < -0.39 is 0 Å². The van der Waals surface area contributed by atoms with E-state index in [2.05, 4.69) is 11.6 Å². The van der Waals surface area contributed by atoms with Crippen molar-refractivity contribution in [3.05, 3.63) is 35.4 Å². The largest absolute Gasteiger partial charge is 0.351 e. The first-order valence-corrected chi connectivity index (χ1v) is 8.93. The van der Waals surface area contributed by atoms with Gasteiger partial charge in [-0.1, -0.05) is 31.4 Å². The molecule has 0 bridgehead atoms. The zero-order valence-electron chi connectivity index (χ0n) is 12.0. The van der Waals surface area contributed by atoms with Crippen LogP contribution >= 0.6 is 23.4 Å². The van der Waals surface area contributed by atoms with Crippen LogP contribution in [0.3, 0.4) is 0 Å². The van der Waals surface area contributed by atoms with Gasteiger partial charge in [0.15, 0.2) is 0 Å². The molecule has 1 amide bonds. The molecule has 1 N–H and O–H groups in total. The average molecular weight is 312 g/mol. The minimum atomic E-state index is 0.0102. The minimum Gasteiger partial charge on any atom is -0.351 e. The fourth-order valence-corrected chi connectivity index (χ4v) is 3.87. The van der Waals surface area contributed by atoms with Crippen LogP contribution in [-0.4, -0.2) is 23.5 Å². The lowest BCUT2D eigenvalue weighted by Gasteiger charge is -2.35. The Hall–Kier alpha value is -0.670. The predicted octanol–water partition coefficient (Wildman–Crippen LogP) is 4.22. The molecule has 0 unspecified atom stereocenters. The van der Waals surface area contributed by atoms with Gasteiger partial charge in [0, 0.05) is 22.7 Å². The van der Waals surface area contributed by atoms with Crippen LogP contribution in [-0.2, 0) is 5.88 Å². The molecule has 4 heteroatoms. The van der Waals surface area contributed by atoms with Gasteiger partial charge in [-0.25, -0.2) is 0 Å². The summed E-state index contributed by atoms with van der Waals surface area (Å²) in [6.07, 6.45) is 8.45. The van der Waals surface area contributed by atoms with Crippen LogP contribution in [0.15, 0.2) is 24.3 Å². The fourth-order valence-electron chi connectivity index (χ4n) is 2.79. The molecule has 110 valence electrons. The van der Waals surface area contributed by atoms with Gasteiger partial charge >= 0.3 is 0 Å². The van der Waals surface area contributed by atoms with Gasteiger partial charge < -0.3 is 5.32 Å². The molecule has 2 rings (SSSR count). The summed E-state index contributed by atoms with van der Waals surface area (Å²) in [5.74, 6) is 0.450. The summed E-state index contributed by atoms with van der Waals surface area (Å²) in [5, 5.41) is 3.11. The molecule has 0 aromatic heterocycles. The Labute approximate surface area is 130 Å². The van der Waals surface area contributed by atoms with E-state index in [1.54, 1.807) is 0 Å². The van der Waals surface area contributed by atoms with Gasteiger partial charge in [-0.05, 0) is 36.8 Å². The van der Waals surface area contributed by atoms with Crippen molar-refractivity contribution in [3.63, 3.8) is 0 Å². The topological polar surface area (TPSA) is 29.1 Å². The summed E-state index contributed by atoms with van der Waals surface area (Å²) in [5.41, 5.74) is 1.69. The second-order valence-corrected chi connectivity index (χ2v) is 7.01. The van der Waals surface area contributed by atoms with Crippen LogP contribution < -0.4 is 5.32 Å². The van der Waals surface area contributed by atoms with Crippen LogP contribution in [0.2, 0.25) is 0 Å². The Morgan fingerprint density at radius 1 is 1.35 bits per heavy atom. The number of thioether (sulfide) groups is 1. The Morgan fingerprint density at radius 3 is 2.75 bits per heavy atom. The molecule has 1 aromatic rings. The fraction of sp³-hybridized carbons (Fsp3) is 0.562. The van der Waals surface area contributed by atoms with Gasteiger partial charge in [-0.15, -0.1) is 11.6 Å². The first-order valence-electron chi connectivity index (χ1n) is 7.17. The molecule has 1 aliphatic rings. The molecule has 0 saturated heterocycles. The number of hydrogen-bond acceptors (Lipinski definition) is 2. The van der Waals surface area contributed by atoms with Crippen LogP contribution in [0.4, 0.5) is 0 Å². The van der Waals surface area contributed by atoms with Gasteiger partial charge in [0.2, 0.25) is 0 Å². The lowest BCUT2D eigenvalue weighted by molar-refractivity contribution is 0.0947. The zero-order valence-corrected chi connectivity index (χ0v) is 13.5. The van der Waals surface area contributed by atoms with Gasteiger partial charge in [0.05, 0.1) is 0 Å². The van der Waals surface area contributed by atoms with Gasteiger partial charge in [-0.2, -0.15) is 11.8 Å². The van der Waals surface area contributed by atoms with E-state index in [-0.39, 0.29) is 10.7 Å². The second kappa shape index (κ2) is 7.37. The number of carbonyl (C=O) groups is 1. The molecule has 0 atom stereocenters. The second-order valence-electron chi connectivity index (χ2n) is 5.46. The third-order valence-electron chi connectivity index (χ3n) is 4.11. The van der Waals surface area contributed by atoms with Crippen molar-refractivity contribution < 1.29 is 4.79 Å². The van der Waals surface area contributed by atoms with Gasteiger partial charge in [0.25, 0.3) is 5.91 Å². The number of benzene rings is 1. The smallest absolute Gasteiger partial charge is 0.251 e. The standard InChI is InChI=1S/C16H22ClNOS/c1-20-16(8-3-2-4-9-16)12-18-15(19)14-7-5-6-13(10-14)11-17/h5-7,10H,2-4,8-9,11-12H2,1H3,(H,18,19). The molecule has 1 aliphatic carbocycles. The summed E-state index contributed by atoms with van der Waals surface area (Å²) in [6.45, 7) is 0.762. The predicted molar refractivity (Wildman–Crippen MR) is 87.7 cm³/mol. The number of nitrogens with one attached hydrogen (secondary N) is 1. The van der Waals surface area contributed by atoms with Crippen molar-refractivity contribution in [2.45, 2.75) is 42.7 Å². The Balaban J connectivity index is 1.96. The van der Waals surface area contributed by atoms with Crippen LogP contribution in [0.25, 0.3) is 0 Å². The highest BCUT2D eigenvalue weighted by molar-refractivity contribution is 8.00. The normalized spacial score (nSPS) is 17.7. The number of hydrogen-bond donors (Lipinski definition) is 1. The molecular formula is C16H22ClNOS. The number of halogens is 1. The number of rotatable bonds is 5. The molecule has 2 nitrogen and oxygen atoms in total. The highest BCUT2D eigenvalue weighted by atomic mass is 35.5. The van der Waals surface area contributed by atoms with E-state index >= 15 is 0 Å². The lowest BCUT2D eigenvalue weighted by Crippen LogP contribution is -2.41. The maximum atomic E-state index is 12.3. The van der Waals surface area contributed by atoms with Crippen molar-refractivity contribution >= 4 is 29.3 Å². The molecule has 1 fully saturated rings. The quantitative estimate of drug-likeness (QED) is 0.825. The SMILES string of the molecule is CSC1(CNC(=O)c2cccc(CCl)c2)CCCCC1. The summed E-state index contributed by atoms with van der Waals surface area (Å²) in [4.78, 5) is 12.3. The zero-order chi connectivity index (χ0) is 14.4. The molecular weight excluding hydrogens is 290 g/mol. The summed E-state index contributed by atoms with van der Waals surface area (Å²) in [6, 6.07) is 7.54. The summed E-state index contributed by atoms with van der Waals surface area (Å²) < 4.78 is 0.234. The number of alkyl halides is 1. The van der Waals surface area contributed by atoms with Crippen LogP contribution in [0.1, 0.15) is 48.0 Å². The molecule has 1 saturated carbocycles. The maximum absolute atomic E-state index is 12.3. The third-order valence-corrected chi connectivity index (χ3v) is 5.84. The molecule has 20 heavy (non-hydrogen) atoms. The molecule has 0 radical (unpaired) electrons. The molecule has 0 heterocycles. The number of carbonyl (C=O) groups excluding carboxylic acids is 1. The monoisotopic (exact) mass is 311 g/mol. The third kappa shape index (κ3) is 3.92. The van der Waals surface area contributed by atoms with Crippen molar-refractivity contribution in [2.75, 3.05) is 12.8 Å². The number of amides is 1. The maximum Gasteiger partial charge on any atom is 0.251 e. The Kier molecular flexibility index (Phi) is 5.79. The minimum absolute atomic E-state index is 0.0102. The first-order chi connectivity index (χ1) is 9.69. The van der Waals surface area contributed by atoms with E-state index in [1.165, 1.54) is 32.1 Å². The van der Waals surface area contributed by atoms with Crippen LogP contribution in [0.5, 0.6) is 0 Å². The Bertz CT molecular complexity index is 458. The summed E-state index contributed by atoms with van der Waals surface area (Å²) in [7, 11) is 0. The molecule has 0 aliphatic heterocycles. The van der Waals surface area contributed by atoms with E-state index in [9.17, 15) is 4.79 Å². The van der Waals surface area contributed by atoms with Crippen molar-refractivity contribution in [3.8, 4) is 0 Å². The van der Waals surface area contributed by atoms with Crippen molar-refractivity contribution in [2.24, 2.45) is 0 Å². The highest BCUT2D eigenvalue weighted by Gasteiger charge is 2.31. The van der Waals surface area contributed by atoms with E-state index in [0.717, 1.165) is 12.1 Å². The van der Waals surface area contributed by atoms with Crippen LogP contribution in [0, 0.1) is 0 Å². The molecule has 1 aromatic carbocycles. The van der Waals surface area contributed by atoms with E-state index in [1.807, 2.05) is 36.0 Å². The van der Waals surface area contributed by atoms with Crippen molar-refractivity contribution in [1.82, 2.24) is 5.32 Å². The van der Waals surface area contributed by atoms with Gasteiger partial charge in [-0.3, -0.25) is 4.79 Å². The molecule has 0 spiro atoms. The highest BCUT2D eigenvalue weighted by Crippen LogP contribution is 2.37.